The summed E-state index contributed by atoms with van der Waals surface area (Å²) in [5.41, 5.74) is 0. The maximum absolute atomic E-state index is 11.0. The molecule has 4 heteroatoms. The smallest absolute Gasteiger partial charge is 0.325 e. The molecule has 1 saturated carbocycles. The van der Waals surface area contributed by atoms with Crippen LogP contribution >= 0.6 is 0 Å². The second kappa shape index (κ2) is 4.09. The van der Waals surface area contributed by atoms with Gasteiger partial charge in [-0.2, -0.15) is 0 Å². The van der Waals surface area contributed by atoms with Gasteiger partial charge in [-0.15, -0.1) is 0 Å². The number of hydrogen-bond donors (Lipinski definition) is 1. The number of esters is 1. The van der Waals surface area contributed by atoms with E-state index in [4.69, 9.17) is 0 Å². The van der Waals surface area contributed by atoms with Crippen LogP contribution in [-0.4, -0.2) is 25.5 Å². The van der Waals surface area contributed by atoms with Crippen LogP contribution < -0.4 is 5.32 Å². The standard InChI is InChI=1S/C8H13NO3/c1-12-8(11)5-9-7(10)4-6-2-3-6/h6H,2-5H2,1H3,(H,9,10). The van der Waals surface area contributed by atoms with Gasteiger partial charge in [0, 0.05) is 6.42 Å². The number of nitrogens with one attached hydrogen (secondary N) is 1. The fourth-order valence-electron chi connectivity index (χ4n) is 0.899. The maximum Gasteiger partial charge on any atom is 0.325 e. The molecule has 0 bridgehead atoms. The Bertz CT molecular complexity index is 187. The molecule has 1 N–H and O–H groups in total. The molecule has 0 atom stereocenters. The third-order valence-corrected chi connectivity index (χ3v) is 1.83. The van der Waals surface area contributed by atoms with Crippen molar-refractivity contribution < 1.29 is 14.3 Å². The first-order valence-corrected chi connectivity index (χ1v) is 4.06. The normalized spacial score (nSPS) is 15.4. The molecular weight excluding hydrogens is 158 g/mol. The van der Waals surface area contributed by atoms with E-state index in [0.29, 0.717) is 12.3 Å². The molecule has 1 amide bonds. The van der Waals surface area contributed by atoms with Crippen molar-refractivity contribution in [1.29, 1.82) is 0 Å². The molecule has 0 aromatic rings. The average Bonchev–Trinajstić information content (AvgIpc) is 2.84. The summed E-state index contributed by atoms with van der Waals surface area (Å²) in [6.07, 6.45) is 2.84. The van der Waals surface area contributed by atoms with Gasteiger partial charge < -0.3 is 10.1 Å². The highest BCUT2D eigenvalue weighted by Crippen LogP contribution is 2.31. The van der Waals surface area contributed by atoms with E-state index in [2.05, 4.69) is 10.1 Å². The molecular formula is C8H13NO3. The molecule has 0 aliphatic heterocycles. The lowest BCUT2D eigenvalue weighted by Crippen LogP contribution is -2.30. The van der Waals surface area contributed by atoms with Gasteiger partial charge in [0.2, 0.25) is 5.91 Å². The van der Waals surface area contributed by atoms with Crippen molar-refractivity contribution in [3.05, 3.63) is 0 Å². The Labute approximate surface area is 71.3 Å². The summed E-state index contributed by atoms with van der Waals surface area (Å²) in [6.45, 7) is -0.0119. The summed E-state index contributed by atoms with van der Waals surface area (Å²) in [4.78, 5) is 21.6. The monoisotopic (exact) mass is 171 g/mol. The lowest BCUT2D eigenvalue weighted by atomic mass is 10.3. The van der Waals surface area contributed by atoms with Crippen molar-refractivity contribution in [2.75, 3.05) is 13.7 Å². The van der Waals surface area contributed by atoms with Gasteiger partial charge in [-0.25, -0.2) is 0 Å². The van der Waals surface area contributed by atoms with Crippen LogP contribution in [0, 0.1) is 5.92 Å². The third kappa shape index (κ3) is 3.37. The Balaban J connectivity index is 2.04. The largest absolute Gasteiger partial charge is 0.468 e. The fraction of sp³-hybridized carbons (Fsp3) is 0.750. The van der Waals surface area contributed by atoms with Gasteiger partial charge in [-0.05, 0) is 18.8 Å². The zero-order valence-electron chi connectivity index (χ0n) is 7.13. The Morgan fingerprint density at radius 2 is 2.17 bits per heavy atom. The predicted octanol–water partition coefficient (Wildman–Crippen LogP) is 0.0757. The number of amides is 1. The van der Waals surface area contributed by atoms with Gasteiger partial charge in [0.25, 0.3) is 0 Å². The molecule has 0 aromatic heterocycles. The molecule has 1 rings (SSSR count). The number of hydrogen-bond acceptors (Lipinski definition) is 3. The van der Waals surface area contributed by atoms with Gasteiger partial charge in [0.15, 0.2) is 0 Å². The highest BCUT2D eigenvalue weighted by molar-refractivity contribution is 5.82. The van der Waals surface area contributed by atoms with Crippen LogP contribution in [0.3, 0.4) is 0 Å². The molecule has 1 fully saturated rings. The van der Waals surface area contributed by atoms with Crippen molar-refractivity contribution in [3.8, 4) is 0 Å². The number of carbonyl (C=O) groups excluding carboxylic acids is 2. The van der Waals surface area contributed by atoms with Crippen LogP contribution in [0.1, 0.15) is 19.3 Å². The van der Waals surface area contributed by atoms with Gasteiger partial charge in [-0.3, -0.25) is 9.59 Å². The van der Waals surface area contributed by atoms with Crippen molar-refractivity contribution in [1.82, 2.24) is 5.32 Å². The van der Waals surface area contributed by atoms with E-state index in [1.54, 1.807) is 0 Å². The van der Waals surface area contributed by atoms with Crippen LogP contribution in [0.4, 0.5) is 0 Å². The zero-order valence-corrected chi connectivity index (χ0v) is 7.13. The Morgan fingerprint density at radius 1 is 1.50 bits per heavy atom. The first-order chi connectivity index (χ1) is 5.72. The van der Waals surface area contributed by atoms with E-state index in [9.17, 15) is 9.59 Å². The summed E-state index contributed by atoms with van der Waals surface area (Å²) < 4.78 is 4.37. The fourth-order valence-corrected chi connectivity index (χ4v) is 0.899. The lowest BCUT2D eigenvalue weighted by molar-refractivity contribution is -0.141. The van der Waals surface area contributed by atoms with Crippen molar-refractivity contribution >= 4 is 11.9 Å². The minimum Gasteiger partial charge on any atom is -0.468 e. The molecule has 68 valence electrons. The van der Waals surface area contributed by atoms with Gasteiger partial charge in [-0.1, -0.05) is 0 Å². The molecule has 1 aliphatic carbocycles. The molecule has 4 nitrogen and oxygen atoms in total. The molecule has 0 heterocycles. The molecule has 0 unspecified atom stereocenters. The Morgan fingerprint density at radius 3 is 2.67 bits per heavy atom. The van der Waals surface area contributed by atoms with Crippen molar-refractivity contribution in [2.24, 2.45) is 5.92 Å². The molecule has 12 heavy (non-hydrogen) atoms. The van der Waals surface area contributed by atoms with E-state index in [1.165, 1.54) is 7.11 Å². The number of rotatable bonds is 4. The summed E-state index contributed by atoms with van der Waals surface area (Å²) in [5, 5.41) is 2.49. The molecule has 0 spiro atoms. The average molecular weight is 171 g/mol. The zero-order chi connectivity index (χ0) is 8.97. The van der Waals surface area contributed by atoms with E-state index in [1.807, 2.05) is 0 Å². The van der Waals surface area contributed by atoms with Crippen LogP contribution in [0.5, 0.6) is 0 Å². The minimum absolute atomic E-state index is 0.0119. The second-order valence-corrected chi connectivity index (χ2v) is 3.00. The van der Waals surface area contributed by atoms with Gasteiger partial charge >= 0.3 is 5.97 Å². The molecule has 0 radical (unpaired) electrons. The number of ether oxygens (including phenoxy) is 1. The first kappa shape index (κ1) is 9.03. The van der Waals surface area contributed by atoms with E-state index >= 15 is 0 Å². The van der Waals surface area contributed by atoms with E-state index in [0.717, 1.165) is 12.8 Å². The lowest BCUT2D eigenvalue weighted by Gasteiger charge is -2.01. The summed E-state index contributed by atoms with van der Waals surface area (Å²) in [6, 6.07) is 0. The SMILES string of the molecule is COC(=O)CNC(=O)CC1CC1. The van der Waals surface area contributed by atoms with Gasteiger partial charge in [0.05, 0.1) is 7.11 Å². The van der Waals surface area contributed by atoms with Crippen molar-refractivity contribution in [2.45, 2.75) is 19.3 Å². The topological polar surface area (TPSA) is 55.4 Å². The predicted molar refractivity (Wildman–Crippen MR) is 42.4 cm³/mol. The van der Waals surface area contributed by atoms with Crippen LogP contribution in [0.15, 0.2) is 0 Å². The summed E-state index contributed by atoms with van der Waals surface area (Å²) >= 11 is 0. The summed E-state index contributed by atoms with van der Waals surface area (Å²) in [7, 11) is 1.30. The summed E-state index contributed by atoms with van der Waals surface area (Å²) in [5.74, 6) is 0.102. The molecule has 0 saturated heterocycles. The van der Waals surface area contributed by atoms with Crippen molar-refractivity contribution in [3.63, 3.8) is 0 Å². The number of methoxy groups -OCH3 is 1. The van der Waals surface area contributed by atoms with Crippen LogP contribution in [0.25, 0.3) is 0 Å². The molecule has 1 aliphatic rings. The minimum atomic E-state index is -0.404. The highest BCUT2D eigenvalue weighted by atomic mass is 16.5. The maximum atomic E-state index is 11.0. The van der Waals surface area contributed by atoms with Crippen LogP contribution in [-0.2, 0) is 14.3 Å². The first-order valence-electron chi connectivity index (χ1n) is 4.06. The second-order valence-electron chi connectivity index (χ2n) is 3.00. The third-order valence-electron chi connectivity index (χ3n) is 1.83. The highest BCUT2D eigenvalue weighted by Gasteiger charge is 2.24. The van der Waals surface area contributed by atoms with Crippen LogP contribution in [0.2, 0.25) is 0 Å². The Kier molecular flexibility index (Phi) is 3.08. The van der Waals surface area contributed by atoms with E-state index < -0.39 is 5.97 Å². The Hall–Kier alpha value is -1.06. The van der Waals surface area contributed by atoms with Gasteiger partial charge in [0.1, 0.15) is 6.54 Å². The molecule has 0 aromatic carbocycles. The quantitative estimate of drug-likeness (QED) is 0.609. The number of carbonyl (C=O) groups is 2. The van der Waals surface area contributed by atoms with E-state index in [-0.39, 0.29) is 12.5 Å².